The maximum absolute atomic E-state index is 10.3. The van der Waals surface area contributed by atoms with Crippen molar-refractivity contribution in [1.82, 2.24) is 24.1 Å². The van der Waals surface area contributed by atoms with Crippen molar-refractivity contribution in [3.8, 4) is 52.6 Å². The van der Waals surface area contributed by atoms with Crippen LogP contribution in [0.25, 0.3) is 82.9 Å². The molecule has 0 N–H and O–H groups in total. The molecule has 0 spiro atoms. The fourth-order valence-corrected chi connectivity index (χ4v) is 7.17. The van der Waals surface area contributed by atoms with Crippen molar-refractivity contribution in [2.75, 3.05) is 0 Å². The molecule has 0 aliphatic heterocycles. The Morgan fingerprint density at radius 3 is 1.56 bits per heavy atom. The highest BCUT2D eigenvalue weighted by Gasteiger charge is 2.24. The second-order valence-corrected chi connectivity index (χ2v) is 12.1. The lowest BCUT2D eigenvalue weighted by Gasteiger charge is -2.16. The summed E-state index contributed by atoms with van der Waals surface area (Å²) < 4.78 is 3.74. The summed E-state index contributed by atoms with van der Waals surface area (Å²) in [5.74, 6) is 0.941. The van der Waals surface area contributed by atoms with Gasteiger partial charge in [-0.05, 0) is 35.7 Å². The Morgan fingerprint density at radius 2 is 0.981 bits per heavy atom. The van der Waals surface area contributed by atoms with Gasteiger partial charge >= 0.3 is 0 Å². The van der Waals surface area contributed by atoms with Crippen LogP contribution in [0.3, 0.4) is 0 Å². The van der Waals surface area contributed by atoms with Crippen molar-refractivity contribution in [1.29, 1.82) is 15.8 Å². The normalized spacial score (nSPS) is 11.0. The van der Waals surface area contributed by atoms with E-state index in [0.717, 1.165) is 27.1 Å². The van der Waals surface area contributed by atoms with E-state index in [-0.39, 0.29) is 5.95 Å². The van der Waals surface area contributed by atoms with E-state index in [9.17, 15) is 15.8 Å². The minimum absolute atomic E-state index is 0.232. The molecule has 0 aliphatic carbocycles. The van der Waals surface area contributed by atoms with Gasteiger partial charge in [0, 0.05) is 27.3 Å². The van der Waals surface area contributed by atoms with Gasteiger partial charge in [0.15, 0.2) is 11.6 Å². The van der Waals surface area contributed by atoms with Crippen LogP contribution in [0.2, 0.25) is 0 Å². The van der Waals surface area contributed by atoms with Gasteiger partial charge in [-0.25, -0.2) is 9.83 Å². The van der Waals surface area contributed by atoms with Crippen molar-refractivity contribution in [2.24, 2.45) is 0 Å². The summed E-state index contributed by atoms with van der Waals surface area (Å²) in [6.45, 7) is 8.06. The topological polar surface area (TPSA) is 124 Å². The lowest BCUT2D eigenvalue weighted by atomic mass is 10.1. The van der Waals surface area contributed by atoms with Crippen molar-refractivity contribution < 1.29 is 0 Å². The Hall–Kier alpha value is -8.11. The summed E-state index contributed by atoms with van der Waals surface area (Å²) in [4.78, 5) is 19.0. The molecule has 238 valence electrons. The Labute approximate surface area is 296 Å². The fourth-order valence-electron chi connectivity index (χ4n) is 7.17. The highest BCUT2D eigenvalue weighted by Crippen LogP contribution is 2.41. The first kappa shape index (κ1) is 30.0. The number of nitriles is 3. The zero-order valence-corrected chi connectivity index (χ0v) is 27.1. The van der Waals surface area contributed by atoms with Crippen molar-refractivity contribution in [2.45, 2.75) is 0 Å². The maximum Gasteiger partial charge on any atom is 0.237 e. The predicted molar refractivity (Wildman–Crippen MR) is 200 cm³/mol. The molecule has 0 bridgehead atoms. The average molecular weight is 664 g/mol. The van der Waals surface area contributed by atoms with Gasteiger partial charge < -0.3 is 4.57 Å². The van der Waals surface area contributed by atoms with Crippen LogP contribution in [-0.4, -0.2) is 24.1 Å². The number of hydrogen-bond acceptors (Lipinski definition) is 6. The van der Waals surface area contributed by atoms with Gasteiger partial charge in [-0.15, -0.1) is 0 Å². The summed E-state index contributed by atoms with van der Waals surface area (Å²) in [7, 11) is 0. The monoisotopic (exact) mass is 663 g/mol. The molecule has 3 heterocycles. The number of para-hydroxylation sites is 5. The van der Waals surface area contributed by atoms with E-state index in [2.05, 4.69) is 23.1 Å². The molecule has 0 atom stereocenters. The molecule has 0 saturated carbocycles. The number of aromatic nitrogens is 5. The molecule has 0 aliphatic rings. The van der Waals surface area contributed by atoms with Crippen molar-refractivity contribution in [3.05, 3.63) is 156 Å². The van der Waals surface area contributed by atoms with E-state index in [1.165, 1.54) is 0 Å². The lowest BCUT2D eigenvalue weighted by molar-refractivity contribution is 0.951. The van der Waals surface area contributed by atoms with Gasteiger partial charge in [0.25, 0.3) is 0 Å². The smallest absolute Gasteiger partial charge is 0.237 e. The molecule has 52 heavy (non-hydrogen) atoms. The number of nitrogens with zero attached hydrogens (tertiary/aromatic N) is 9. The molecule has 0 saturated heterocycles. The fraction of sp³-hybridized carbons (Fsp3) is 0. The standard InChI is InChI=1S/C43H21N9/c1-47-35-21-10-20-33-32-19-9-15-29(25-46)39(32)52(40(33)35)43-49-41(26-11-3-2-4-12-26)48-42(50-43)34-16-5-6-22-36(34)51-37-27(23-44)13-7-17-30(37)31-18-8-14-28(24-45)38(31)51/h2-22H. The van der Waals surface area contributed by atoms with Crippen LogP contribution in [-0.2, 0) is 0 Å². The number of fused-ring (bicyclic) bond motifs is 6. The molecule has 9 aromatic rings. The lowest BCUT2D eigenvalue weighted by Crippen LogP contribution is -2.08. The van der Waals surface area contributed by atoms with E-state index >= 15 is 0 Å². The van der Waals surface area contributed by atoms with E-state index in [0.29, 0.717) is 67.3 Å². The zero-order valence-electron chi connectivity index (χ0n) is 27.1. The minimum atomic E-state index is 0.232. The molecule has 9 rings (SSSR count). The van der Waals surface area contributed by atoms with Crippen LogP contribution >= 0.6 is 0 Å². The predicted octanol–water partition coefficient (Wildman–Crippen LogP) is 9.57. The highest BCUT2D eigenvalue weighted by atomic mass is 15.2. The van der Waals surface area contributed by atoms with Crippen LogP contribution < -0.4 is 0 Å². The quantitative estimate of drug-likeness (QED) is 0.173. The number of hydrogen-bond donors (Lipinski definition) is 0. The molecule has 3 aromatic heterocycles. The molecule has 0 amide bonds. The van der Waals surface area contributed by atoms with Gasteiger partial charge in [0.2, 0.25) is 11.6 Å². The first-order chi connectivity index (χ1) is 25.6. The van der Waals surface area contributed by atoms with Crippen LogP contribution in [0.15, 0.2) is 127 Å². The highest BCUT2D eigenvalue weighted by molar-refractivity contribution is 6.15. The Bertz CT molecular complexity index is 2980. The molecule has 9 heteroatoms. The van der Waals surface area contributed by atoms with Crippen LogP contribution in [0, 0.1) is 40.6 Å². The Morgan fingerprint density at radius 1 is 0.481 bits per heavy atom. The molecule has 6 aromatic carbocycles. The zero-order chi connectivity index (χ0) is 35.3. The van der Waals surface area contributed by atoms with Crippen molar-refractivity contribution >= 4 is 49.3 Å². The molecular formula is C43H21N9. The first-order valence-corrected chi connectivity index (χ1v) is 16.3. The van der Waals surface area contributed by atoms with Crippen molar-refractivity contribution in [3.63, 3.8) is 0 Å². The molecule has 9 nitrogen and oxygen atoms in total. The summed E-state index contributed by atoms with van der Waals surface area (Å²) in [6, 6.07) is 46.4. The van der Waals surface area contributed by atoms with Crippen LogP contribution in [0.4, 0.5) is 5.69 Å². The molecule has 0 fully saturated rings. The van der Waals surface area contributed by atoms with E-state index in [1.54, 1.807) is 28.8 Å². The summed E-state index contributed by atoms with van der Waals surface area (Å²) in [5.41, 5.74) is 6.22. The Kier molecular flexibility index (Phi) is 6.80. The first-order valence-electron chi connectivity index (χ1n) is 16.3. The van der Waals surface area contributed by atoms with Crippen LogP contribution in [0.5, 0.6) is 0 Å². The van der Waals surface area contributed by atoms with Gasteiger partial charge in [-0.1, -0.05) is 97.1 Å². The van der Waals surface area contributed by atoms with Gasteiger partial charge in [-0.2, -0.15) is 25.8 Å². The third-order valence-electron chi connectivity index (χ3n) is 9.32. The minimum Gasteiger partial charge on any atom is -0.306 e. The summed E-state index contributed by atoms with van der Waals surface area (Å²) in [5, 5.41) is 34.2. The third kappa shape index (κ3) is 4.35. The Balaban J connectivity index is 1.43. The van der Waals surface area contributed by atoms with E-state index < -0.39 is 0 Å². The molecule has 0 radical (unpaired) electrons. The average Bonchev–Trinajstić information content (AvgIpc) is 3.74. The van der Waals surface area contributed by atoms with E-state index in [1.807, 2.05) is 108 Å². The van der Waals surface area contributed by atoms with Gasteiger partial charge in [-0.3, -0.25) is 4.57 Å². The molecular weight excluding hydrogens is 643 g/mol. The van der Waals surface area contributed by atoms with Gasteiger partial charge in [0.05, 0.1) is 51.0 Å². The number of benzene rings is 6. The summed E-state index contributed by atoms with van der Waals surface area (Å²) in [6.07, 6.45) is 0. The van der Waals surface area contributed by atoms with E-state index in [4.69, 9.17) is 21.5 Å². The van der Waals surface area contributed by atoms with Gasteiger partial charge in [0.1, 0.15) is 18.2 Å². The largest absolute Gasteiger partial charge is 0.306 e. The summed E-state index contributed by atoms with van der Waals surface area (Å²) >= 11 is 0. The third-order valence-corrected chi connectivity index (χ3v) is 9.32. The second-order valence-electron chi connectivity index (χ2n) is 12.1. The van der Waals surface area contributed by atoms with Crippen LogP contribution in [0.1, 0.15) is 16.7 Å². The second kappa shape index (κ2) is 11.8. The number of rotatable bonds is 4. The SMILES string of the molecule is [C-]#[N+]c1cccc2c3cccc(C#N)c3n(-c3nc(-c4ccccc4)nc(-c4ccccc4-n4c5c(C#N)cccc5c5cccc(C#N)c54)n3)c12. The molecule has 0 unspecified atom stereocenters. The maximum atomic E-state index is 10.3.